The standard InChI is InChI=1S/C18H28N2O3/c1-6-10-20(14-11-15(23-7-2)18(14,3)4)17(22)13-8-9-16(21)19(5)12-13/h8-9,12,14-15H,6-7,10-11H2,1-5H3/t14-,15+/m1/s1. The first-order valence-corrected chi connectivity index (χ1v) is 8.42. The van der Waals surface area contributed by atoms with Crippen molar-refractivity contribution in [3.05, 3.63) is 34.2 Å². The highest BCUT2D eigenvalue weighted by Gasteiger charge is 2.52. The molecule has 1 aliphatic rings. The van der Waals surface area contributed by atoms with Gasteiger partial charge in [0.25, 0.3) is 5.91 Å². The van der Waals surface area contributed by atoms with Crippen LogP contribution in [0.25, 0.3) is 0 Å². The van der Waals surface area contributed by atoms with E-state index in [0.717, 1.165) is 12.8 Å². The van der Waals surface area contributed by atoms with E-state index in [2.05, 4.69) is 20.8 Å². The second-order valence-corrected chi connectivity index (χ2v) is 6.88. The number of carbonyl (C=O) groups excluding carboxylic acids is 1. The molecule has 1 amide bonds. The minimum atomic E-state index is -0.107. The largest absolute Gasteiger partial charge is 0.378 e. The Hall–Kier alpha value is -1.62. The van der Waals surface area contributed by atoms with Crippen LogP contribution >= 0.6 is 0 Å². The molecule has 0 aromatic carbocycles. The molecule has 1 aromatic heterocycles. The van der Waals surface area contributed by atoms with Crippen molar-refractivity contribution in [2.75, 3.05) is 13.2 Å². The Labute approximate surface area is 138 Å². The van der Waals surface area contributed by atoms with E-state index in [1.165, 1.54) is 10.6 Å². The van der Waals surface area contributed by atoms with Crippen LogP contribution in [0.2, 0.25) is 0 Å². The summed E-state index contributed by atoms with van der Waals surface area (Å²) in [5, 5.41) is 0. The zero-order chi connectivity index (χ0) is 17.2. The number of aromatic nitrogens is 1. The van der Waals surface area contributed by atoms with Crippen molar-refractivity contribution in [1.29, 1.82) is 0 Å². The summed E-state index contributed by atoms with van der Waals surface area (Å²) in [6, 6.07) is 3.24. The maximum absolute atomic E-state index is 13.0. The zero-order valence-corrected chi connectivity index (χ0v) is 14.8. The van der Waals surface area contributed by atoms with Gasteiger partial charge in [0.15, 0.2) is 0 Å². The number of hydrogen-bond acceptors (Lipinski definition) is 3. The van der Waals surface area contributed by atoms with Gasteiger partial charge in [-0.05, 0) is 25.8 Å². The average Bonchev–Trinajstić information content (AvgIpc) is 2.51. The number of hydrogen-bond donors (Lipinski definition) is 0. The van der Waals surface area contributed by atoms with Crippen molar-refractivity contribution in [2.24, 2.45) is 12.5 Å². The third-order valence-corrected chi connectivity index (χ3v) is 4.93. The maximum Gasteiger partial charge on any atom is 0.255 e. The van der Waals surface area contributed by atoms with Gasteiger partial charge in [0.05, 0.1) is 11.7 Å². The number of aryl methyl sites for hydroxylation is 1. The lowest BCUT2D eigenvalue weighted by atomic mass is 9.63. The summed E-state index contributed by atoms with van der Waals surface area (Å²) in [6.45, 7) is 9.82. The Morgan fingerprint density at radius 1 is 1.39 bits per heavy atom. The maximum atomic E-state index is 13.0. The van der Waals surface area contributed by atoms with Crippen LogP contribution in [0.3, 0.4) is 0 Å². The third-order valence-electron chi connectivity index (χ3n) is 4.93. The molecule has 1 fully saturated rings. The molecule has 1 saturated carbocycles. The van der Waals surface area contributed by atoms with Crippen LogP contribution in [0.4, 0.5) is 0 Å². The Bertz CT molecular complexity index is 621. The van der Waals surface area contributed by atoms with E-state index >= 15 is 0 Å². The highest BCUT2D eigenvalue weighted by molar-refractivity contribution is 5.94. The van der Waals surface area contributed by atoms with Crippen molar-refractivity contribution in [2.45, 2.75) is 52.7 Å². The monoisotopic (exact) mass is 320 g/mol. The van der Waals surface area contributed by atoms with Crippen LogP contribution in [0.1, 0.15) is 50.9 Å². The molecule has 0 bridgehead atoms. The highest BCUT2D eigenvalue weighted by atomic mass is 16.5. The van der Waals surface area contributed by atoms with Gasteiger partial charge in [0.1, 0.15) is 0 Å². The van der Waals surface area contributed by atoms with E-state index in [-0.39, 0.29) is 29.0 Å². The van der Waals surface area contributed by atoms with Gasteiger partial charge in [0, 0.05) is 43.9 Å². The number of carbonyl (C=O) groups is 1. The lowest BCUT2D eigenvalue weighted by Crippen LogP contribution is -2.63. The van der Waals surface area contributed by atoms with Gasteiger partial charge in [-0.2, -0.15) is 0 Å². The van der Waals surface area contributed by atoms with Crippen LogP contribution in [-0.4, -0.2) is 40.7 Å². The van der Waals surface area contributed by atoms with Crippen molar-refractivity contribution < 1.29 is 9.53 Å². The molecule has 0 N–H and O–H groups in total. The molecular weight excluding hydrogens is 292 g/mol. The summed E-state index contributed by atoms with van der Waals surface area (Å²) in [5.74, 6) is -0.00419. The summed E-state index contributed by atoms with van der Waals surface area (Å²) in [7, 11) is 1.67. The van der Waals surface area contributed by atoms with E-state index < -0.39 is 0 Å². The lowest BCUT2D eigenvalue weighted by molar-refractivity contribution is -0.140. The second kappa shape index (κ2) is 6.87. The summed E-state index contributed by atoms with van der Waals surface area (Å²) < 4.78 is 7.24. The van der Waals surface area contributed by atoms with Gasteiger partial charge < -0.3 is 14.2 Å². The summed E-state index contributed by atoms with van der Waals surface area (Å²) in [6.07, 6.45) is 3.60. The van der Waals surface area contributed by atoms with Gasteiger partial charge in [0.2, 0.25) is 5.56 Å². The number of ether oxygens (including phenoxy) is 1. The van der Waals surface area contributed by atoms with Gasteiger partial charge in [-0.1, -0.05) is 20.8 Å². The molecule has 0 radical (unpaired) electrons. The average molecular weight is 320 g/mol. The van der Waals surface area contributed by atoms with E-state index in [1.807, 2.05) is 11.8 Å². The Morgan fingerprint density at radius 3 is 2.61 bits per heavy atom. The molecule has 0 saturated heterocycles. The van der Waals surface area contributed by atoms with E-state index in [9.17, 15) is 9.59 Å². The summed E-state index contributed by atoms with van der Waals surface area (Å²) in [5.41, 5.74) is 0.404. The van der Waals surface area contributed by atoms with Crippen LogP contribution in [0.15, 0.2) is 23.1 Å². The molecule has 0 spiro atoms. The van der Waals surface area contributed by atoms with Crippen LogP contribution in [0, 0.1) is 5.41 Å². The molecule has 0 aliphatic heterocycles. The summed E-state index contributed by atoms with van der Waals surface area (Å²) in [4.78, 5) is 26.4. The van der Waals surface area contributed by atoms with Gasteiger partial charge in [-0.25, -0.2) is 0 Å². The predicted octanol–water partition coefficient (Wildman–Crippen LogP) is 2.44. The third kappa shape index (κ3) is 3.34. The van der Waals surface area contributed by atoms with Gasteiger partial charge in [-0.3, -0.25) is 9.59 Å². The number of nitrogens with zero attached hydrogens (tertiary/aromatic N) is 2. The molecule has 2 atom stereocenters. The Morgan fingerprint density at radius 2 is 2.09 bits per heavy atom. The second-order valence-electron chi connectivity index (χ2n) is 6.88. The fourth-order valence-electron chi connectivity index (χ4n) is 3.40. The van der Waals surface area contributed by atoms with Gasteiger partial charge in [-0.15, -0.1) is 0 Å². The van der Waals surface area contributed by atoms with Crippen LogP contribution in [0.5, 0.6) is 0 Å². The first-order valence-electron chi connectivity index (χ1n) is 8.42. The summed E-state index contributed by atoms with van der Waals surface area (Å²) >= 11 is 0. The predicted molar refractivity (Wildman–Crippen MR) is 90.6 cm³/mol. The number of pyridine rings is 1. The molecule has 23 heavy (non-hydrogen) atoms. The Balaban J connectivity index is 2.23. The van der Waals surface area contributed by atoms with Crippen LogP contribution < -0.4 is 5.56 Å². The molecule has 0 unspecified atom stereocenters. The molecule has 1 aliphatic carbocycles. The smallest absolute Gasteiger partial charge is 0.255 e. The van der Waals surface area contributed by atoms with Crippen molar-refractivity contribution in [3.63, 3.8) is 0 Å². The minimum absolute atomic E-state index is 0.00419. The van der Waals surface area contributed by atoms with Crippen molar-refractivity contribution >= 4 is 5.91 Å². The molecule has 5 heteroatoms. The number of rotatable bonds is 6. The molecule has 2 rings (SSSR count). The van der Waals surface area contributed by atoms with E-state index in [4.69, 9.17) is 4.74 Å². The molecule has 128 valence electrons. The topological polar surface area (TPSA) is 51.5 Å². The van der Waals surface area contributed by atoms with E-state index in [1.54, 1.807) is 19.3 Å². The Kier molecular flexibility index (Phi) is 5.30. The fourth-order valence-corrected chi connectivity index (χ4v) is 3.40. The SMILES string of the molecule is CCCN(C(=O)c1ccc(=O)n(C)c1)[C@@H]1C[C@H](OCC)C1(C)C. The lowest BCUT2D eigenvalue weighted by Gasteiger charge is -2.55. The quantitative estimate of drug-likeness (QED) is 0.809. The first kappa shape index (κ1) is 17.7. The van der Waals surface area contributed by atoms with Gasteiger partial charge >= 0.3 is 0 Å². The first-order chi connectivity index (χ1) is 10.8. The van der Waals surface area contributed by atoms with Crippen molar-refractivity contribution in [3.8, 4) is 0 Å². The number of amides is 1. The molecule has 1 aromatic rings. The van der Waals surface area contributed by atoms with Crippen LogP contribution in [-0.2, 0) is 11.8 Å². The van der Waals surface area contributed by atoms with Crippen molar-refractivity contribution in [1.82, 2.24) is 9.47 Å². The molecule has 1 heterocycles. The normalized spacial score (nSPS) is 22.5. The molecular formula is C18H28N2O3. The van der Waals surface area contributed by atoms with E-state index in [0.29, 0.717) is 18.7 Å². The zero-order valence-electron chi connectivity index (χ0n) is 14.8. The fraction of sp³-hybridized carbons (Fsp3) is 0.667. The highest BCUT2D eigenvalue weighted by Crippen LogP contribution is 2.46. The molecule has 5 nitrogen and oxygen atoms in total. The minimum Gasteiger partial charge on any atom is -0.378 e.